The minimum absolute atomic E-state index is 0.150. The van der Waals surface area contributed by atoms with E-state index < -0.39 is 5.41 Å². The number of hydrogen-bond acceptors (Lipinski definition) is 4. The third-order valence-electron chi connectivity index (χ3n) is 4.01. The van der Waals surface area contributed by atoms with E-state index in [9.17, 15) is 4.79 Å². The first-order valence-electron chi connectivity index (χ1n) is 6.96. The largest absolute Gasteiger partial charge is 0.491 e. The van der Waals surface area contributed by atoms with Gasteiger partial charge in [-0.2, -0.15) is 0 Å². The Balaban J connectivity index is 1.86. The number of hydrogen-bond donors (Lipinski definition) is 0. The van der Waals surface area contributed by atoms with Gasteiger partial charge >= 0.3 is 0 Å². The van der Waals surface area contributed by atoms with E-state index in [1.807, 2.05) is 19.1 Å². The maximum absolute atomic E-state index is 12.9. The van der Waals surface area contributed by atoms with E-state index in [0.717, 1.165) is 35.2 Å². The van der Waals surface area contributed by atoms with Crippen LogP contribution in [0.5, 0.6) is 5.75 Å². The first-order valence-corrected chi connectivity index (χ1v) is 8.55. The Morgan fingerprint density at radius 3 is 2.71 bits per heavy atom. The molecule has 1 atom stereocenters. The molecule has 0 aliphatic carbocycles. The zero-order chi connectivity index (χ0) is 15.0. The first-order chi connectivity index (χ1) is 9.99. The van der Waals surface area contributed by atoms with Crippen LogP contribution in [0.3, 0.4) is 0 Å². The fourth-order valence-electron chi connectivity index (χ4n) is 2.87. The molecule has 0 aromatic heterocycles. The zero-order valence-electron chi connectivity index (χ0n) is 11.8. The van der Waals surface area contributed by atoms with Gasteiger partial charge in [-0.05, 0) is 35.0 Å². The van der Waals surface area contributed by atoms with E-state index >= 15 is 0 Å². The number of fused-ring (bicyclic) bond motifs is 1. The zero-order valence-corrected chi connectivity index (χ0v) is 15.0. The Labute approximate surface area is 141 Å². The van der Waals surface area contributed by atoms with Crippen molar-refractivity contribution >= 4 is 37.6 Å². The molecule has 21 heavy (non-hydrogen) atoms. The summed E-state index contributed by atoms with van der Waals surface area (Å²) in [5, 5.41) is 0. The summed E-state index contributed by atoms with van der Waals surface area (Å²) in [6, 6.07) is 3.75. The van der Waals surface area contributed by atoms with Gasteiger partial charge in [-0.1, -0.05) is 15.9 Å². The van der Waals surface area contributed by atoms with Crippen molar-refractivity contribution in [1.29, 1.82) is 0 Å². The minimum Gasteiger partial charge on any atom is -0.491 e. The van der Waals surface area contributed by atoms with E-state index in [2.05, 4.69) is 36.8 Å². The monoisotopic (exact) mass is 417 g/mol. The number of Topliss-reactive ketones (excluding diaryl/α,β-unsaturated/α-hetero) is 1. The van der Waals surface area contributed by atoms with Crippen molar-refractivity contribution in [3.8, 4) is 5.75 Å². The van der Waals surface area contributed by atoms with Crippen molar-refractivity contribution in [2.45, 2.75) is 6.92 Å². The third-order valence-corrected chi connectivity index (χ3v) is 5.06. The topological polar surface area (TPSA) is 38.8 Å². The minimum atomic E-state index is -0.509. The molecule has 1 saturated heterocycles. The van der Waals surface area contributed by atoms with E-state index in [0.29, 0.717) is 24.5 Å². The number of nitrogens with zero attached hydrogens (tertiary/aromatic N) is 1. The van der Waals surface area contributed by atoms with Gasteiger partial charge in [0.1, 0.15) is 12.4 Å². The highest BCUT2D eigenvalue weighted by atomic mass is 79.9. The molecule has 1 fully saturated rings. The van der Waals surface area contributed by atoms with Crippen LogP contribution in [0.2, 0.25) is 0 Å². The Morgan fingerprint density at radius 2 is 2.00 bits per heavy atom. The fraction of sp³-hybridized carbons (Fsp3) is 0.533. The maximum atomic E-state index is 12.9. The number of morpholine rings is 1. The van der Waals surface area contributed by atoms with Crippen LogP contribution in [0.1, 0.15) is 17.3 Å². The second-order valence-electron chi connectivity index (χ2n) is 5.83. The van der Waals surface area contributed by atoms with Crippen molar-refractivity contribution in [1.82, 2.24) is 4.90 Å². The smallest absolute Gasteiger partial charge is 0.177 e. The molecule has 2 heterocycles. The summed E-state index contributed by atoms with van der Waals surface area (Å²) < 4.78 is 12.9. The van der Waals surface area contributed by atoms with Gasteiger partial charge in [0.15, 0.2) is 5.78 Å². The average molecular weight is 419 g/mol. The summed E-state index contributed by atoms with van der Waals surface area (Å²) in [5.41, 5.74) is 0.142. The van der Waals surface area contributed by atoms with Gasteiger partial charge in [0.2, 0.25) is 0 Å². The number of benzene rings is 1. The third kappa shape index (κ3) is 3.04. The van der Waals surface area contributed by atoms with Crippen molar-refractivity contribution < 1.29 is 14.3 Å². The van der Waals surface area contributed by atoms with Gasteiger partial charge in [0.05, 0.1) is 28.7 Å². The van der Waals surface area contributed by atoms with Gasteiger partial charge in [0, 0.05) is 24.1 Å². The van der Waals surface area contributed by atoms with Crippen LogP contribution in [0.15, 0.2) is 21.1 Å². The van der Waals surface area contributed by atoms with Crippen LogP contribution in [0.25, 0.3) is 0 Å². The second-order valence-corrected chi connectivity index (χ2v) is 7.60. The lowest BCUT2D eigenvalue weighted by Crippen LogP contribution is -2.50. The van der Waals surface area contributed by atoms with Crippen molar-refractivity contribution in [2.75, 3.05) is 39.5 Å². The molecule has 0 radical (unpaired) electrons. The lowest BCUT2D eigenvalue weighted by molar-refractivity contribution is 0.00815. The van der Waals surface area contributed by atoms with Crippen LogP contribution < -0.4 is 4.74 Å². The van der Waals surface area contributed by atoms with Crippen molar-refractivity contribution in [3.05, 3.63) is 26.6 Å². The quantitative estimate of drug-likeness (QED) is 0.739. The average Bonchev–Trinajstić information content (AvgIpc) is 2.44. The number of ether oxygens (including phenoxy) is 2. The predicted octanol–water partition coefficient (Wildman–Crippen LogP) is 3.13. The SMILES string of the molecule is CC1(CN2CCOCC2)COc2c(Br)cc(Br)cc2C1=O. The van der Waals surface area contributed by atoms with Crippen LogP contribution in [0.4, 0.5) is 0 Å². The van der Waals surface area contributed by atoms with Crippen LogP contribution in [0, 0.1) is 5.41 Å². The van der Waals surface area contributed by atoms with Crippen molar-refractivity contribution in [2.24, 2.45) is 5.41 Å². The lowest BCUT2D eigenvalue weighted by Gasteiger charge is -2.38. The highest BCUT2D eigenvalue weighted by Crippen LogP contribution is 2.41. The second kappa shape index (κ2) is 5.99. The first kappa shape index (κ1) is 15.5. The number of ketones is 1. The molecule has 0 spiro atoms. The molecule has 6 heteroatoms. The Hall–Kier alpha value is -0.430. The number of carbonyl (C=O) groups excluding carboxylic acids is 1. The molecule has 0 N–H and O–H groups in total. The van der Waals surface area contributed by atoms with Crippen LogP contribution in [-0.2, 0) is 4.74 Å². The Kier molecular flexibility index (Phi) is 4.41. The molecule has 1 unspecified atom stereocenters. The fourth-order valence-corrected chi connectivity index (χ4v) is 4.21. The molecule has 2 aliphatic heterocycles. The number of rotatable bonds is 2. The van der Waals surface area contributed by atoms with E-state index in [4.69, 9.17) is 9.47 Å². The van der Waals surface area contributed by atoms with Gasteiger partial charge in [-0.3, -0.25) is 9.69 Å². The molecular formula is C15H17Br2NO3. The predicted molar refractivity (Wildman–Crippen MR) is 87.0 cm³/mol. The lowest BCUT2D eigenvalue weighted by atomic mass is 9.80. The highest BCUT2D eigenvalue weighted by molar-refractivity contribution is 9.11. The van der Waals surface area contributed by atoms with Gasteiger partial charge in [-0.15, -0.1) is 0 Å². The summed E-state index contributed by atoms with van der Waals surface area (Å²) in [5.74, 6) is 0.805. The van der Waals surface area contributed by atoms with Gasteiger partial charge in [-0.25, -0.2) is 0 Å². The summed E-state index contributed by atoms with van der Waals surface area (Å²) in [6.45, 7) is 6.32. The molecule has 3 rings (SSSR count). The summed E-state index contributed by atoms with van der Waals surface area (Å²) >= 11 is 6.90. The summed E-state index contributed by atoms with van der Waals surface area (Å²) in [7, 11) is 0. The molecule has 0 bridgehead atoms. The molecule has 1 aromatic carbocycles. The van der Waals surface area contributed by atoms with E-state index in [1.54, 1.807) is 0 Å². The summed E-state index contributed by atoms with van der Waals surface area (Å²) in [6.07, 6.45) is 0. The normalized spacial score (nSPS) is 26.3. The molecule has 0 saturated carbocycles. The molecule has 2 aliphatic rings. The van der Waals surface area contributed by atoms with Crippen LogP contribution >= 0.6 is 31.9 Å². The number of carbonyl (C=O) groups is 1. The molecule has 0 amide bonds. The molecule has 114 valence electrons. The highest BCUT2D eigenvalue weighted by Gasteiger charge is 2.42. The molecule has 1 aromatic rings. The Morgan fingerprint density at radius 1 is 1.29 bits per heavy atom. The van der Waals surface area contributed by atoms with E-state index in [1.165, 1.54) is 0 Å². The summed E-state index contributed by atoms with van der Waals surface area (Å²) in [4.78, 5) is 15.2. The standard InChI is InChI=1S/C15H17Br2NO3/c1-15(8-18-2-4-20-5-3-18)9-21-13-11(14(15)19)6-10(16)7-12(13)17/h6-7H,2-5,8-9H2,1H3. The van der Waals surface area contributed by atoms with Crippen molar-refractivity contribution in [3.63, 3.8) is 0 Å². The number of halogens is 2. The van der Waals surface area contributed by atoms with Gasteiger partial charge in [0.25, 0.3) is 0 Å². The molecule has 4 nitrogen and oxygen atoms in total. The van der Waals surface area contributed by atoms with Crippen LogP contribution in [-0.4, -0.2) is 50.1 Å². The van der Waals surface area contributed by atoms with Gasteiger partial charge < -0.3 is 9.47 Å². The maximum Gasteiger partial charge on any atom is 0.177 e. The molecular weight excluding hydrogens is 402 g/mol. The Bertz CT molecular complexity index is 572. The van der Waals surface area contributed by atoms with E-state index in [-0.39, 0.29) is 5.78 Å².